The van der Waals surface area contributed by atoms with E-state index in [1.807, 2.05) is 6.07 Å². The molecule has 3 amide bonds. The first kappa shape index (κ1) is 20.3. The van der Waals surface area contributed by atoms with Crippen molar-refractivity contribution in [1.29, 1.82) is 0 Å². The van der Waals surface area contributed by atoms with Crippen LogP contribution in [0.3, 0.4) is 0 Å². The standard InChI is InChI=1S/C21H27N3O6/c1-2-28-20(26)14-5-7-23(8-6-14)21(27)22-15-11-19(25)24(13-15)16-3-4-17-18(12-16)30-10-9-29-17/h3-4,12,14-15H,2,5-11,13H2,1H3,(H,22,27). The third kappa shape index (κ3) is 4.29. The highest BCUT2D eigenvalue weighted by atomic mass is 16.6. The summed E-state index contributed by atoms with van der Waals surface area (Å²) >= 11 is 0. The Labute approximate surface area is 175 Å². The highest BCUT2D eigenvalue weighted by Crippen LogP contribution is 2.35. The number of urea groups is 1. The van der Waals surface area contributed by atoms with Gasteiger partial charge in [0.2, 0.25) is 5.91 Å². The van der Waals surface area contributed by atoms with E-state index >= 15 is 0 Å². The molecule has 0 spiro atoms. The molecule has 1 aromatic carbocycles. The largest absolute Gasteiger partial charge is 0.486 e. The fraction of sp³-hybridized carbons (Fsp3) is 0.571. The zero-order chi connectivity index (χ0) is 21.1. The Morgan fingerprint density at radius 2 is 1.90 bits per heavy atom. The van der Waals surface area contributed by atoms with Crippen molar-refractivity contribution in [2.24, 2.45) is 5.92 Å². The Kier molecular flexibility index (Phi) is 5.96. The van der Waals surface area contributed by atoms with Crippen molar-refractivity contribution in [3.63, 3.8) is 0 Å². The lowest BCUT2D eigenvalue weighted by Crippen LogP contribution is -2.49. The SMILES string of the molecule is CCOC(=O)C1CCN(C(=O)NC2CC(=O)N(c3ccc4c(c3)OCCO4)C2)CC1. The van der Waals surface area contributed by atoms with E-state index in [9.17, 15) is 14.4 Å². The van der Waals surface area contributed by atoms with Gasteiger partial charge in [0.1, 0.15) is 13.2 Å². The third-order valence-electron chi connectivity index (χ3n) is 5.69. The molecule has 3 aliphatic heterocycles. The van der Waals surface area contributed by atoms with Crippen molar-refractivity contribution in [3.8, 4) is 11.5 Å². The van der Waals surface area contributed by atoms with Crippen LogP contribution in [0.1, 0.15) is 26.2 Å². The molecule has 0 saturated carbocycles. The molecule has 4 rings (SSSR count). The lowest BCUT2D eigenvalue weighted by molar-refractivity contribution is -0.149. The number of amides is 3. The molecule has 162 valence electrons. The number of carbonyl (C=O) groups is 3. The number of fused-ring (bicyclic) bond motifs is 1. The molecule has 1 unspecified atom stereocenters. The quantitative estimate of drug-likeness (QED) is 0.747. The zero-order valence-corrected chi connectivity index (χ0v) is 17.1. The van der Waals surface area contributed by atoms with Gasteiger partial charge in [-0.15, -0.1) is 0 Å². The molecule has 0 bridgehead atoms. The van der Waals surface area contributed by atoms with Crippen LogP contribution in [0.4, 0.5) is 10.5 Å². The molecule has 3 aliphatic rings. The monoisotopic (exact) mass is 417 g/mol. The van der Waals surface area contributed by atoms with Gasteiger partial charge in [-0.25, -0.2) is 4.79 Å². The fourth-order valence-electron chi connectivity index (χ4n) is 4.10. The topological polar surface area (TPSA) is 97.4 Å². The second-order valence-corrected chi connectivity index (χ2v) is 7.70. The smallest absolute Gasteiger partial charge is 0.317 e. The van der Waals surface area contributed by atoms with Crippen molar-refractivity contribution in [2.75, 3.05) is 44.4 Å². The Morgan fingerprint density at radius 1 is 1.17 bits per heavy atom. The number of nitrogens with one attached hydrogen (secondary N) is 1. The van der Waals surface area contributed by atoms with Crippen molar-refractivity contribution in [3.05, 3.63) is 18.2 Å². The van der Waals surface area contributed by atoms with Crippen molar-refractivity contribution < 1.29 is 28.6 Å². The van der Waals surface area contributed by atoms with Crippen LogP contribution in [0.25, 0.3) is 0 Å². The predicted molar refractivity (Wildman–Crippen MR) is 108 cm³/mol. The van der Waals surface area contributed by atoms with Crippen LogP contribution >= 0.6 is 0 Å². The van der Waals surface area contributed by atoms with E-state index in [1.54, 1.807) is 28.9 Å². The van der Waals surface area contributed by atoms with Gasteiger partial charge in [0, 0.05) is 37.8 Å². The zero-order valence-electron chi connectivity index (χ0n) is 17.1. The average Bonchev–Trinajstić information content (AvgIpc) is 3.13. The fourth-order valence-corrected chi connectivity index (χ4v) is 4.10. The molecule has 1 N–H and O–H groups in total. The summed E-state index contributed by atoms with van der Waals surface area (Å²) in [6, 6.07) is 4.98. The summed E-state index contributed by atoms with van der Waals surface area (Å²) in [6.45, 7) is 4.57. The summed E-state index contributed by atoms with van der Waals surface area (Å²) in [6.07, 6.45) is 1.44. The molecular weight excluding hydrogens is 390 g/mol. The summed E-state index contributed by atoms with van der Waals surface area (Å²) in [5.74, 6) is 0.927. The molecule has 30 heavy (non-hydrogen) atoms. The number of carbonyl (C=O) groups excluding carboxylic acids is 3. The first-order valence-corrected chi connectivity index (χ1v) is 10.5. The van der Waals surface area contributed by atoms with Gasteiger partial charge in [0.25, 0.3) is 0 Å². The van der Waals surface area contributed by atoms with E-state index in [0.29, 0.717) is 63.8 Å². The molecule has 0 radical (unpaired) electrons. The number of ether oxygens (including phenoxy) is 3. The maximum atomic E-state index is 12.6. The molecule has 2 saturated heterocycles. The van der Waals surface area contributed by atoms with Gasteiger partial charge in [0.15, 0.2) is 11.5 Å². The predicted octanol–water partition coefficient (Wildman–Crippen LogP) is 1.55. The summed E-state index contributed by atoms with van der Waals surface area (Å²) < 4.78 is 16.2. The van der Waals surface area contributed by atoms with Crippen LogP contribution in [0.5, 0.6) is 11.5 Å². The summed E-state index contributed by atoms with van der Waals surface area (Å²) in [4.78, 5) is 40.4. The minimum Gasteiger partial charge on any atom is -0.486 e. The van der Waals surface area contributed by atoms with Crippen molar-refractivity contribution >= 4 is 23.6 Å². The molecular formula is C21H27N3O6. The highest BCUT2D eigenvalue weighted by molar-refractivity contribution is 5.97. The van der Waals surface area contributed by atoms with E-state index in [1.165, 1.54) is 0 Å². The van der Waals surface area contributed by atoms with Gasteiger partial charge in [-0.05, 0) is 31.9 Å². The Hall–Kier alpha value is -2.97. The Balaban J connectivity index is 1.31. The first-order valence-electron chi connectivity index (χ1n) is 10.5. The number of hydrogen-bond donors (Lipinski definition) is 1. The summed E-state index contributed by atoms with van der Waals surface area (Å²) in [7, 11) is 0. The first-order chi connectivity index (χ1) is 14.5. The second-order valence-electron chi connectivity index (χ2n) is 7.70. The summed E-state index contributed by atoms with van der Waals surface area (Å²) in [5.41, 5.74) is 0.733. The minimum atomic E-state index is -0.263. The van der Waals surface area contributed by atoms with Crippen LogP contribution in [-0.2, 0) is 14.3 Å². The van der Waals surface area contributed by atoms with Gasteiger partial charge in [-0.3, -0.25) is 9.59 Å². The van der Waals surface area contributed by atoms with Crippen LogP contribution in [0.2, 0.25) is 0 Å². The van der Waals surface area contributed by atoms with Gasteiger partial charge >= 0.3 is 12.0 Å². The molecule has 1 aromatic rings. The minimum absolute atomic E-state index is 0.0435. The molecule has 0 aromatic heterocycles. The molecule has 3 heterocycles. The van der Waals surface area contributed by atoms with E-state index in [-0.39, 0.29) is 36.3 Å². The maximum Gasteiger partial charge on any atom is 0.317 e. The van der Waals surface area contributed by atoms with Gasteiger partial charge in [-0.1, -0.05) is 0 Å². The number of esters is 1. The number of hydrogen-bond acceptors (Lipinski definition) is 6. The average molecular weight is 417 g/mol. The maximum absolute atomic E-state index is 12.6. The normalized spacial score (nSPS) is 21.5. The van der Waals surface area contributed by atoms with E-state index in [4.69, 9.17) is 14.2 Å². The Bertz CT molecular complexity index is 821. The number of anilines is 1. The highest BCUT2D eigenvalue weighted by Gasteiger charge is 2.34. The molecule has 9 heteroatoms. The lowest BCUT2D eigenvalue weighted by atomic mass is 9.97. The number of nitrogens with zero attached hydrogens (tertiary/aromatic N) is 2. The number of piperidine rings is 1. The van der Waals surface area contributed by atoms with Crippen LogP contribution in [0, 0.1) is 5.92 Å². The number of benzene rings is 1. The lowest BCUT2D eigenvalue weighted by Gasteiger charge is -2.31. The van der Waals surface area contributed by atoms with Gasteiger partial charge < -0.3 is 29.3 Å². The third-order valence-corrected chi connectivity index (χ3v) is 5.69. The van der Waals surface area contributed by atoms with Crippen LogP contribution in [-0.4, -0.2) is 68.3 Å². The van der Waals surface area contributed by atoms with Crippen LogP contribution in [0.15, 0.2) is 18.2 Å². The van der Waals surface area contributed by atoms with Crippen molar-refractivity contribution in [1.82, 2.24) is 10.2 Å². The van der Waals surface area contributed by atoms with Crippen molar-refractivity contribution in [2.45, 2.75) is 32.2 Å². The molecule has 0 aliphatic carbocycles. The van der Waals surface area contributed by atoms with E-state index in [0.717, 1.165) is 5.69 Å². The molecule has 2 fully saturated rings. The van der Waals surface area contributed by atoms with E-state index < -0.39 is 0 Å². The van der Waals surface area contributed by atoms with Crippen LogP contribution < -0.4 is 19.7 Å². The van der Waals surface area contributed by atoms with Gasteiger partial charge in [-0.2, -0.15) is 0 Å². The molecule has 9 nitrogen and oxygen atoms in total. The summed E-state index contributed by atoms with van der Waals surface area (Å²) in [5, 5.41) is 2.96. The number of rotatable bonds is 4. The number of likely N-dealkylation sites (tertiary alicyclic amines) is 1. The second kappa shape index (κ2) is 8.81. The Morgan fingerprint density at radius 3 is 2.63 bits per heavy atom. The van der Waals surface area contributed by atoms with Gasteiger partial charge in [0.05, 0.1) is 18.6 Å². The molecule has 1 atom stereocenters. The van der Waals surface area contributed by atoms with E-state index in [2.05, 4.69) is 5.32 Å².